The molecule has 0 fully saturated rings. The number of hydrogen-bond acceptors (Lipinski definition) is 5. The van der Waals surface area contributed by atoms with Crippen LogP contribution < -0.4 is 0 Å². The van der Waals surface area contributed by atoms with E-state index < -0.39 is 5.97 Å². The van der Waals surface area contributed by atoms with E-state index in [1.807, 2.05) is 18.2 Å². The average Bonchev–Trinajstić information content (AvgIpc) is 3.43. The number of esters is 1. The number of rotatable bonds is 7. The number of H-pyrrole nitrogens is 1. The Labute approximate surface area is 173 Å². The van der Waals surface area contributed by atoms with E-state index in [0.717, 1.165) is 16.5 Å². The Morgan fingerprint density at radius 3 is 2.77 bits per heavy atom. The summed E-state index contributed by atoms with van der Waals surface area (Å²) in [6.07, 6.45) is 5.03. The molecule has 0 unspecified atom stereocenters. The maximum absolute atomic E-state index is 13.3. The molecular formula is C23H21N3O4. The van der Waals surface area contributed by atoms with Gasteiger partial charge in [-0.25, -0.2) is 4.79 Å². The van der Waals surface area contributed by atoms with Crippen LogP contribution in [-0.2, 0) is 17.8 Å². The lowest BCUT2D eigenvalue weighted by atomic mass is 10.1. The van der Waals surface area contributed by atoms with E-state index in [-0.39, 0.29) is 5.91 Å². The van der Waals surface area contributed by atoms with E-state index in [1.54, 1.807) is 60.8 Å². The van der Waals surface area contributed by atoms with Crippen molar-refractivity contribution in [1.29, 1.82) is 0 Å². The van der Waals surface area contributed by atoms with Gasteiger partial charge in [0.15, 0.2) is 0 Å². The van der Waals surface area contributed by atoms with Gasteiger partial charge in [0.05, 0.1) is 19.4 Å². The Morgan fingerprint density at radius 1 is 1.13 bits per heavy atom. The average molecular weight is 403 g/mol. The monoisotopic (exact) mass is 403 g/mol. The van der Waals surface area contributed by atoms with Gasteiger partial charge in [-0.1, -0.05) is 6.07 Å². The van der Waals surface area contributed by atoms with E-state index in [1.165, 1.54) is 0 Å². The van der Waals surface area contributed by atoms with Gasteiger partial charge in [-0.2, -0.15) is 0 Å². The number of hydrogen-bond donors (Lipinski definition) is 1. The van der Waals surface area contributed by atoms with Crippen molar-refractivity contribution in [2.45, 2.75) is 20.0 Å². The van der Waals surface area contributed by atoms with Gasteiger partial charge < -0.3 is 19.0 Å². The van der Waals surface area contributed by atoms with Gasteiger partial charge in [-0.3, -0.25) is 9.78 Å². The topological polar surface area (TPSA) is 88.4 Å². The molecule has 7 nitrogen and oxygen atoms in total. The summed E-state index contributed by atoms with van der Waals surface area (Å²) in [4.78, 5) is 34.2. The van der Waals surface area contributed by atoms with Crippen molar-refractivity contribution >= 4 is 22.8 Å². The molecule has 0 atom stereocenters. The highest BCUT2D eigenvalue weighted by Gasteiger charge is 2.19. The number of benzene rings is 1. The van der Waals surface area contributed by atoms with Crippen LogP contribution in [0.1, 0.15) is 39.1 Å². The molecule has 4 aromatic rings. The Bertz CT molecular complexity index is 1150. The predicted molar refractivity (Wildman–Crippen MR) is 111 cm³/mol. The molecule has 7 heteroatoms. The molecule has 0 spiro atoms. The maximum Gasteiger partial charge on any atom is 0.354 e. The van der Waals surface area contributed by atoms with Gasteiger partial charge in [0.1, 0.15) is 11.5 Å². The van der Waals surface area contributed by atoms with Crippen molar-refractivity contribution in [2.24, 2.45) is 0 Å². The molecule has 152 valence electrons. The standard InChI is InChI=1S/C23H21N3O4/c1-2-29-23(28)21-12-18-11-17(7-8-20(18)25-21)22(27)26(15-19-6-4-10-30-19)14-16-5-3-9-24-13-16/h3-13,25H,2,14-15H2,1H3. The van der Waals surface area contributed by atoms with Gasteiger partial charge in [-0.05, 0) is 55.0 Å². The number of fused-ring (bicyclic) bond motifs is 1. The van der Waals surface area contributed by atoms with Crippen molar-refractivity contribution in [3.63, 3.8) is 0 Å². The first-order valence-corrected chi connectivity index (χ1v) is 9.64. The zero-order valence-corrected chi connectivity index (χ0v) is 16.5. The van der Waals surface area contributed by atoms with E-state index in [4.69, 9.17) is 9.15 Å². The number of nitrogens with one attached hydrogen (secondary N) is 1. The van der Waals surface area contributed by atoms with E-state index >= 15 is 0 Å². The lowest BCUT2D eigenvalue weighted by Crippen LogP contribution is -2.30. The summed E-state index contributed by atoms with van der Waals surface area (Å²) in [5.41, 5.74) is 2.57. The molecule has 30 heavy (non-hydrogen) atoms. The highest BCUT2D eigenvalue weighted by molar-refractivity contribution is 6.00. The molecular weight excluding hydrogens is 382 g/mol. The van der Waals surface area contributed by atoms with Crippen LogP contribution in [0.15, 0.2) is 71.6 Å². The Hall–Kier alpha value is -3.87. The number of ether oxygens (including phenoxy) is 1. The summed E-state index contributed by atoms with van der Waals surface area (Å²) in [5, 5.41) is 0.767. The summed E-state index contributed by atoms with van der Waals surface area (Å²) in [7, 11) is 0. The second kappa shape index (κ2) is 8.65. The number of amides is 1. The van der Waals surface area contributed by atoms with Crippen LogP contribution in [0, 0.1) is 0 Å². The van der Waals surface area contributed by atoms with Crippen LogP contribution >= 0.6 is 0 Å². The number of nitrogens with zero attached hydrogens (tertiary/aromatic N) is 2. The summed E-state index contributed by atoms with van der Waals surface area (Å²) < 4.78 is 10.5. The van der Waals surface area contributed by atoms with E-state index in [0.29, 0.717) is 36.7 Å². The minimum Gasteiger partial charge on any atom is -0.467 e. The summed E-state index contributed by atoms with van der Waals surface area (Å²) >= 11 is 0. The minimum atomic E-state index is -0.419. The molecule has 1 N–H and O–H groups in total. The first kappa shape index (κ1) is 19.4. The fourth-order valence-electron chi connectivity index (χ4n) is 3.27. The van der Waals surface area contributed by atoms with Gasteiger partial charge >= 0.3 is 5.97 Å². The number of pyridine rings is 1. The van der Waals surface area contributed by atoms with Crippen LogP contribution in [0.4, 0.5) is 0 Å². The van der Waals surface area contributed by atoms with E-state index in [9.17, 15) is 9.59 Å². The third-order valence-corrected chi connectivity index (χ3v) is 4.67. The van der Waals surface area contributed by atoms with Crippen molar-refractivity contribution in [1.82, 2.24) is 14.9 Å². The van der Waals surface area contributed by atoms with Gasteiger partial charge in [0.2, 0.25) is 0 Å². The first-order chi connectivity index (χ1) is 14.6. The molecule has 0 saturated carbocycles. The van der Waals surface area contributed by atoms with Crippen LogP contribution in [0.3, 0.4) is 0 Å². The minimum absolute atomic E-state index is 0.143. The second-order valence-corrected chi connectivity index (χ2v) is 6.81. The SMILES string of the molecule is CCOC(=O)c1cc2cc(C(=O)N(Cc3cccnc3)Cc3ccco3)ccc2[nH]1. The third-order valence-electron chi connectivity index (χ3n) is 4.67. The van der Waals surface area contributed by atoms with Gasteiger partial charge in [0, 0.05) is 35.4 Å². The summed E-state index contributed by atoms with van der Waals surface area (Å²) in [5.74, 6) is 0.133. The van der Waals surface area contributed by atoms with Crippen LogP contribution in [-0.4, -0.2) is 33.4 Å². The zero-order chi connectivity index (χ0) is 20.9. The van der Waals surface area contributed by atoms with Crippen molar-refractivity contribution in [3.8, 4) is 0 Å². The number of furan rings is 1. The molecule has 4 rings (SSSR count). The molecule has 0 aliphatic carbocycles. The normalized spacial score (nSPS) is 10.8. The lowest BCUT2D eigenvalue weighted by molar-refractivity contribution is 0.0520. The molecule has 0 aliphatic heterocycles. The smallest absolute Gasteiger partial charge is 0.354 e. The predicted octanol–water partition coefficient (Wildman–Crippen LogP) is 4.18. The highest BCUT2D eigenvalue weighted by atomic mass is 16.5. The van der Waals surface area contributed by atoms with E-state index in [2.05, 4.69) is 9.97 Å². The van der Waals surface area contributed by atoms with Crippen molar-refractivity contribution in [2.75, 3.05) is 6.61 Å². The molecule has 0 radical (unpaired) electrons. The first-order valence-electron chi connectivity index (χ1n) is 9.64. The molecule has 1 aromatic carbocycles. The molecule has 0 aliphatic rings. The molecule has 3 heterocycles. The number of carbonyl (C=O) groups excluding carboxylic acids is 2. The maximum atomic E-state index is 13.3. The van der Waals surface area contributed by atoms with Crippen molar-refractivity contribution < 1.29 is 18.7 Å². The molecule has 1 amide bonds. The number of carbonyl (C=O) groups is 2. The Morgan fingerprint density at radius 2 is 2.03 bits per heavy atom. The molecule has 3 aromatic heterocycles. The third kappa shape index (κ3) is 4.25. The van der Waals surface area contributed by atoms with Crippen LogP contribution in [0.2, 0.25) is 0 Å². The van der Waals surface area contributed by atoms with Crippen LogP contribution in [0.5, 0.6) is 0 Å². The summed E-state index contributed by atoms with van der Waals surface area (Å²) in [6.45, 7) is 2.79. The summed E-state index contributed by atoms with van der Waals surface area (Å²) in [6, 6.07) is 14.4. The van der Waals surface area contributed by atoms with Crippen molar-refractivity contribution in [3.05, 3.63) is 89.8 Å². The Balaban J connectivity index is 1.62. The zero-order valence-electron chi connectivity index (χ0n) is 16.5. The highest BCUT2D eigenvalue weighted by Crippen LogP contribution is 2.21. The number of aromatic amines is 1. The molecule has 0 saturated heterocycles. The van der Waals surface area contributed by atoms with Crippen LogP contribution in [0.25, 0.3) is 10.9 Å². The Kier molecular flexibility index (Phi) is 5.61. The number of aromatic nitrogens is 2. The fraction of sp³-hybridized carbons (Fsp3) is 0.174. The molecule has 0 bridgehead atoms. The van der Waals surface area contributed by atoms with Gasteiger partial charge in [-0.15, -0.1) is 0 Å². The van der Waals surface area contributed by atoms with Gasteiger partial charge in [0.25, 0.3) is 5.91 Å². The quantitative estimate of drug-likeness (QED) is 0.468. The fourth-order valence-corrected chi connectivity index (χ4v) is 3.27. The lowest BCUT2D eigenvalue weighted by Gasteiger charge is -2.22. The second-order valence-electron chi connectivity index (χ2n) is 6.81. The largest absolute Gasteiger partial charge is 0.467 e.